The lowest BCUT2D eigenvalue weighted by molar-refractivity contribution is 0.692. The molecule has 0 saturated carbocycles. The van der Waals surface area contributed by atoms with Crippen LogP contribution >= 0.6 is 23.6 Å². The quantitative estimate of drug-likeness (QED) is 0.794. The lowest BCUT2D eigenvalue weighted by atomic mass is 10.3. The Morgan fingerprint density at radius 3 is 3.00 bits per heavy atom. The summed E-state index contributed by atoms with van der Waals surface area (Å²) >= 11 is 6.98. The lowest BCUT2D eigenvalue weighted by Gasteiger charge is -1.99. The summed E-state index contributed by atoms with van der Waals surface area (Å²) in [5, 5.41) is 2.11. The van der Waals surface area contributed by atoms with E-state index < -0.39 is 0 Å². The summed E-state index contributed by atoms with van der Waals surface area (Å²) in [7, 11) is 0. The third-order valence-corrected chi connectivity index (χ3v) is 3.37. The highest BCUT2D eigenvalue weighted by Crippen LogP contribution is 2.10. The topological polar surface area (TPSA) is 20.7 Å². The Morgan fingerprint density at radius 1 is 1.57 bits per heavy atom. The van der Waals surface area contributed by atoms with Gasteiger partial charge in [0, 0.05) is 23.3 Å². The van der Waals surface area contributed by atoms with E-state index in [2.05, 4.69) is 33.3 Å². The van der Waals surface area contributed by atoms with Gasteiger partial charge in [0.2, 0.25) is 0 Å². The van der Waals surface area contributed by atoms with Crippen molar-refractivity contribution in [3.8, 4) is 0 Å². The molecule has 2 rings (SSSR count). The molecule has 14 heavy (non-hydrogen) atoms. The van der Waals surface area contributed by atoms with Crippen LogP contribution in [0.4, 0.5) is 0 Å². The van der Waals surface area contributed by atoms with Crippen molar-refractivity contribution >= 4 is 23.6 Å². The third kappa shape index (κ3) is 2.13. The van der Waals surface area contributed by atoms with Gasteiger partial charge in [0.1, 0.15) is 0 Å². The van der Waals surface area contributed by atoms with E-state index in [-0.39, 0.29) is 0 Å². The van der Waals surface area contributed by atoms with Gasteiger partial charge in [0.25, 0.3) is 0 Å². The summed E-state index contributed by atoms with van der Waals surface area (Å²) in [6, 6.07) is 4.25. The van der Waals surface area contributed by atoms with E-state index in [9.17, 15) is 0 Å². The molecule has 0 aliphatic rings. The molecule has 74 valence electrons. The molecule has 2 aromatic rings. The Kier molecular flexibility index (Phi) is 2.84. The molecule has 2 aromatic heterocycles. The molecule has 0 aromatic carbocycles. The molecule has 0 fully saturated rings. The Bertz CT molecular complexity index is 451. The summed E-state index contributed by atoms with van der Waals surface area (Å²) < 4.78 is 2.91. The van der Waals surface area contributed by atoms with E-state index in [1.807, 2.05) is 6.92 Å². The average Bonchev–Trinajstić information content (AvgIpc) is 2.72. The van der Waals surface area contributed by atoms with Gasteiger partial charge >= 0.3 is 0 Å². The number of rotatable bonds is 3. The van der Waals surface area contributed by atoms with Crippen molar-refractivity contribution in [2.45, 2.75) is 19.9 Å². The molecule has 2 nitrogen and oxygen atoms in total. The van der Waals surface area contributed by atoms with Gasteiger partial charge in [-0.1, -0.05) is 6.07 Å². The molecule has 0 amide bonds. The molecule has 0 atom stereocenters. The van der Waals surface area contributed by atoms with E-state index >= 15 is 0 Å². The van der Waals surface area contributed by atoms with Crippen molar-refractivity contribution < 1.29 is 0 Å². The van der Waals surface area contributed by atoms with Crippen LogP contribution in [0.25, 0.3) is 0 Å². The molecule has 0 aliphatic heterocycles. The molecule has 0 saturated heterocycles. The second kappa shape index (κ2) is 4.11. The van der Waals surface area contributed by atoms with Crippen molar-refractivity contribution in [2.75, 3.05) is 0 Å². The smallest absolute Gasteiger partial charge is 0.177 e. The molecule has 0 aliphatic carbocycles. The normalized spacial score (nSPS) is 10.6. The van der Waals surface area contributed by atoms with Crippen LogP contribution in [0.2, 0.25) is 0 Å². The number of aryl methyl sites for hydroxylation is 3. The minimum Gasteiger partial charge on any atom is -0.335 e. The van der Waals surface area contributed by atoms with Gasteiger partial charge in [-0.3, -0.25) is 0 Å². The zero-order valence-electron chi connectivity index (χ0n) is 7.99. The largest absolute Gasteiger partial charge is 0.335 e. The minimum atomic E-state index is 0.819. The van der Waals surface area contributed by atoms with Crippen LogP contribution in [-0.2, 0) is 13.0 Å². The first kappa shape index (κ1) is 9.68. The lowest BCUT2D eigenvalue weighted by Crippen LogP contribution is -1.98. The molecular weight excluding hydrogens is 212 g/mol. The van der Waals surface area contributed by atoms with E-state index in [1.165, 1.54) is 4.88 Å². The first-order valence-electron chi connectivity index (χ1n) is 4.54. The first-order valence-corrected chi connectivity index (χ1v) is 5.83. The average molecular weight is 224 g/mol. The van der Waals surface area contributed by atoms with Gasteiger partial charge in [0.15, 0.2) is 4.77 Å². The zero-order chi connectivity index (χ0) is 9.97. The molecule has 0 spiro atoms. The van der Waals surface area contributed by atoms with Crippen molar-refractivity contribution in [1.29, 1.82) is 0 Å². The summed E-state index contributed by atoms with van der Waals surface area (Å²) in [6.45, 7) is 2.99. The van der Waals surface area contributed by atoms with E-state index in [1.54, 1.807) is 11.3 Å². The highest BCUT2D eigenvalue weighted by atomic mass is 32.1. The van der Waals surface area contributed by atoms with Crippen LogP contribution in [0.5, 0.6) is 0 Å². The Balaban J connectivity index is 2.05. The Morgan fingerprint density at radius 2 is 2.43 bits per heavy atom. The number of aromatic amines is 1. The fourth-order valence-electron chi connectivity index (χ4n) is 1.42. The fourth-order valence-corrected chi connectivity index (χ4v) is 2.42. The summed E-state index contributed by atoms with van der Waals surface area (Å²) in [5.41, 5.74) is 1.13. The monoisotopic (exact) mass is 224 g/mol. The fraction of sp³-hybridized carbons (Fsp3) is 0.300. The standard InChI is InChI=1S/C10H12N2S2/c1-8-7-12(10(13)11-8)5-4-9-3-2-6-14-9/h2-3,6-7H,4-5H2,1H3,(H,11,13). The van der Waals surface area contributed by atoms with Gasteiger partial charge in [-0.05, 0) is 37.0 Å². The minimum absolute atomic E-state index is 0.819. The number of hydrogen-bond acceptors (Lipinski definition) is 2. The Labute approximate surface area is 92.2 Å². The first-order chi connectivity index (χ1) is 6.75. The maximum atomic E-state index is 5.18. The number of nitrogens with zero attached hydrogens (tertiary/aromatic N) is 1. The van der Waals surface area contributed by atoms with E-state index in [0.717, 1.165) is 23.4 Å². The van der Waals surface area contributed by atoms with E-state index in [0.29, 0.717) is 0 Å². The van der Waals surface area contributed by atoms with Crippen molar-refractivity contribution in [2.24, 2.45) is 0 Å². The highest BCUT2D eigenvalue weighted by Gasteiger charge is 1.98. The number of thiophene rings is 1. The predicted molar refractivity (Wildman–Crippen MR) is 62.4 cm³/mol. The molecule has 4 heteroatoms. The second-order valence-corrected chi connectivity index (χ2v) is 4.68. The van der Waals surface area contributed by atoms with Gasteiger partial charge in [-0.25, -0.2) is 0 Å². The Hall–Kier alpha value is -0.870. The zero-order valence-corrected chi connectivity index (χ0v) is 9.62. The number of hydrogen-bond donors (Lipinski definition) is 1. The number of aromatic nitrogens is 2. The van der Waals surface area contributed by atoms with Crippen molar-refractivity contribution in [1.82, 2.24) is 9.55 Å². The maximum Gasteiger partial charge on any atom is 0.177 e. The highest BCUT2D eigenvalue weighted by molar-refractivity contribution is 7.71. The number of H-pyrrole nitrogens is 1. The van der Waals surface area contributed by atoms with Crippen LogP contribution in [0.15, 0.2) is 23.7 Å². The molecular formula is C10H12N2S2. The van der Waals surface area contributed by atoms with Crippen molar-refractivity contribution in [3.63, 3.8) is 0 Å². The predicted octanol–water partition coefficient (Wildman–Crippen LogP) is 3.16. The van der Waals surface area contributed by atoms with Crippen LogP contribution < -0.4 is 0 Å². The van der Waals surface area contributed by atoms with E-state index in [4.69, 9.17) is 12.2 Å². The number of nitrogens with one attached hydrogen (secondary N) is 1. The van der Waals surface area contributed by atoms with Crippen molar-refractivity contribution in [3.05, 3.63) is 39.1 Å². The number of imidazole rings is 1. The molecule has 2 heterocycles. The van der Waals surface area contributed by atoms with Crippen LogP contribution in [-0.4, -0.2) is 9.55 Å². The summed E-state index contributed by atoms with van der Waals surface area (Å²) in [5.74, 6) is 0. The molecule has 1 N–H and O–H groups in total. The molecule has 0 unspecified atom stereocenters. The SMILES string of the molecule is Cc1cn(CCc2cccs2)c(=S)[nH]1. The van der Waals surface area contributed by atoms with Gasteiger partial charge in [-0.2, -0.15) is 0 Å². The van der Waals surface area contributed by atoms with Crippen LogP contribution in [0, 0.1) is 11.7 Å². The molecule has 0 radical (unpaired) electrons. The van der Waals surface area contributed by atoms with Crippen LogP contribution in [0.1, 0.15) is 10.6 Å². The summed E-state index contributed by atoms with van der Waals surface area (Å²) in [4.78, 5) is 4.53. The maximum absolute atomic E-state index is 5.18. The van der Waals surface area contributed by atoms with Gasteiger partial charge in [-0.15, -0.1) is 11.3 Å². The van der Waals surface area contributed by atoms with Crippen LogP contribution in [0.3, 0.4) is 0 Å². The summed E-state index contributed by atoms with van der Waals surface area (Å²) in [6.07, 6.45) is 3.12. The third-order valence-electron chi connectivity index (χ3n) is 2.09. The van der Waals surface area contributed by atoms with Gasteiger partial charge < -0.3 is 9.55 Å². The second-order valence-electron chi connectivity index (χ2n) is 3.27. The molecule has 0 bridgehead atoms. The van der Waals surface area contributed by atoms with Gasteiger partial charge in [0.05, 0.1) is 0 Å².